The molecule has 0 radical (unpaired) electrons. The lowest BCUT2D eigenvalue weighted by Gasteiger charge is -2.12. The number of benzene rings is 2. The van der Waals surface area contributed by atoms with Crippen LogP contribution in [-0.2, 0) is 6.61 Å². The minimum atomic E-state index is 0.353. The third-order valence-electron chi connectivity index (χ3n) is 4.84. The number of anilines is 2. The normalized spacial score (nSPS) is 10.9. The average Bonchev–Trinajstić information content (AvgIpc) is 3.34. The van der Waals surface area contributed by atoms with Crippen LogP contribution in [0.4, 0.5) is 11.5 Å². The minimum Gasteiger partial charge on any atom is -0.486 e. The first-order valence-electron chi connectivity index (χ1n) is 9.74. The van der Waals surface area contributed by atoms with Gasteiger partial charge in [0.2, 0.25) is 0 Å². The lowest BCUT2D eigenvalue weighted by Crippen LogP contribution is -1.99. The Morgan fingerprint density at radius 1 is 0.935 bits per heavy atom. The number of hydrogen-bond donors (Lipinski definition) is 2. The monoisotopic (exact) mass is 427 g/mol. The molecule has 0 atom stereocenters. The second-order valence-corrected chi connectivity index (χ2v) is 7.33. The van der Waals surface area contributed by atoms with Crippen molar-refractivity contribution in [3.8, 4) is 17.0 Å². The fourth-order valence-electron chi connectivity index (χ4n) is 3.30. The van der Waals surface area contributed by atoms with Crippen molar-refractivity contribution < 1.29 is 4.74 Å². The zero-order chi connectivity index (χ0) is 21.0. The van der Waals surface area contributed by atoms with Gasteiger partial charge in [-0.05, 0) is 60.2 Å². The SMILES string of the molecule is Clc1cc(Nc2ncnc3ccc(-c4ccc[nH]4)cc23)ccc1OCc1ccccn1. The fourth-order valence-corrected chi connectivity index (χ4v) is 3.54. The quantitative estimate of drug-likeness (QED) is 0.347. The van der Waals surface area contributed by atoms with E-state index in [0.29, 0.717) is 23.2 Å². The van der Waals surface area contributed by atoms with Gasteiger partial charge in [-0.15, -0.1) is 0 Å². The zero-order valence-electron chi connectivity index (χ0n) is 16.4. The molecular formula is C24H18ClN5O. The van der Waals surface area contributed by atoms with E-state index >= 15 is 0 Å². The number of rotatable bonds is 6. The molecule has 0 aliphatic heterocycles. The Labute approximate surface area is 183 Å². The van der Waals surface area contributed by atoms with Gasteiger partial charge in [-0.25, -0.2) is 9.97 Å². The standard InChI is InChI=1S/C24H18ClN5O/c25-20-13-17(7-9-23(20)31-14-18-4-1-2-10-26-18)30-24-19-12-16(21-5-3-11-27-21)6-8-22(19)28-15-29-24/h1-13,15,27H,14H2,(H,28,29,30). The predicted octanol–water partition coefficient (Wildman–Crippen LogP) is 6.00. The average molecular weight is 428 g/mol. The van der Waals surface area contributed by atoms with Gasteiger partial charge >= 0.3 is 0 Å². The van der Waals surface area contributed by atoms with E-state index < -0.39 is 0 Å². The molecule has 152 valence electrons. The number of nitrogens with one attached hydrogen (secondary N) is 2. The summed E-state index contributed by atoms with van der Waals surface area (Å²) in [6.45, 7) is 0.353. The van der Waals surface area contributed by atoms with Crippen LogP contribution in [0.3, 0.4) is 0 Å². The molecule has 31 heavy (non-hydrogen) atoms. The number of fused-ring (bicyclic) bond motifs is 1. The number of hydrogen-bond acceptors (Lipinski definition) is 5. The van der Waals surface area contributed by atoms with E-state index in [1.54, 1.807) is 12.5 Å². The molecule has 0 amide bonds. The predicted molar refractivity (Wildman–Crippen MR) is 123 cm³/mol. The van der Waals surface area contributed by atoms with Crippen LogP contribution >= 0.6 is 11.6 Å². The summed E-state index contributed by atoms with van der Waals surface area (Å²) >= 11 is 6.45. The van der Waals surface area contributed by atoms with E-state index in [1.165, 1.54) is 0 Å². The number of nitrogens with zero attached hydrogens (tertiary/aromatic N) is 3. The van der Waals surface area contributed by atoms with E-state index in [2.05, 4.69) is 31.3 Å². The molecule has 2 N–H and O–H groups in total. The minimum absolute atomic E-state index is 0.353. The lowest BCUT2D eigenvalue weighted by molar-refractivity contribution is 0.301. The molecule has 5 rings (SSSR count). The fraction of sp³-hybridized carbons (Fsp3) is 0.0417. The number of aromatic nitrogens is 4. The molecule has 0 bridgehead atoms. The van der Waals surface area contributed by atoms with E-state index in [9.17, 15) is 0 Å². The van der Waals surface area contributed by atoms with Gasteiger partial charge in [0.05, 0.1) is 16.2 Å². The molecule has 0 unspecified atom stereocenters. The van der Waals surface area contributed by atoms with E-state index in [0.717, 1.165) is 33.5 Å². The molecule has 0 saturated carbocycles. The van der Waals surface area contributed by atoms with Crippen LogP contribution in [-0.4, -0.2) is 19.9 Å². The van der Waals surface area contributed by atoms with Crippen LogP contribution in [0.15, 0.2) is 85.5 Å². The molecule has 5 aromatic rings. The lowest BCUT2D eigenvalue weighted by atomic mass is 10.1. The molecule has 6 nitrogen and oxygen atoms in total. The Hall–Kier alpha value is -3.90. The van der Waals surface area contributed by atoms with Crippen LogP contribution < -0.4 is 10.1 Å². The summed E-state index contributed by atoms with van der Waals surface area (Å²) in [6, 6.07) is 21.3. The Kier molecular flexibility index (Phi) is 5.21. The van der Waals surface area contributed by atoms with Gasteiger partial charge in [0.25, 0.3) is 0 Å². The maximum absolute atomic E-state index is 6.45. The second-order valence-electron chi connectivity index (χ2n) is 6.92. The highest BCUT2D eigenvalue weighted by Crippen LogP contribution is 2.32. The molecule has 0 saturated heterocycles. The largest absolute Gasteiger partial charge is 0.486 e. The van der Waals surface area contributed by atoms with Crippen molar-refractivity contribution in [2.24, 2.45) is 0 Å². The summed E-state index contributed by atoms with van der Waals surface area (Å²) in [5.74, 6) is 1.30. The third kappa shape index (κ3) is 4.20. The highest BCUT2D eigenvalue weighted by molar-refractivity contribution is 6.32. The van der Waals surface area contributed by atoms with Gasteiger partial charge in [-0.3, -0.25) is 4.98 Å². The van der Waals surface area contributed by atoms with Crippen molar-refractivity contribution in [2.45, 2.75) is 6.61 Å². The van der Waals surface area contributed by atoms with Crippen molar-refractivity contribution in [1.29, 1.82) is 0 Å². The molecular weight excluding hydrogens is 410 g/mol. The van der Waals surface area contributed by atoms with Crippen LogP contribution in [0, 0.1) is 0 Å². The Morgan fingerprint density at radius 3 is 2.71 bits per heavy atom. The van der Waals surface area contributed by atoms with Crippen molar-refractivity contribution in [3.63, 3.8) is 0 Å². The number of ether oxygens (including phenoxy) is 1. The summed E-state index contributed by atoms with van der Waals surface area (Å²) in [4.78, 5) is 16.3. The topological polar surface area (TPSA) is 75.7 Å². The zero-order valence-corrected chi connectivity index (χ0v) is 17.2. The molecule has 2 aromatic carbocycles. The van der Waals surface area contributed by atoms with Crippen LogP contribution in [0.25, 0.3) is 22.2 Å². The molecule has 0 spiro atoms. The summed E-state index contributed by atoms with van der Waals surface area (Å²) in [6.07, 6.45) is 5.19. The maximum atomic E-state index is 6.45. The van der Waals surface area contributed by atoms with E-state index in [1.807, 2.05) is 66.9 Å². The molecule has 0 fully saturated rings. The number of halogens is 1. The first kappa shape index (κ1) is 19.1. The molecule has 7 heteroatoms. The van der Waals surface area contributed by atoms with Gasteiger partial charge in [-0.2, -0.15) is 0 Å². The van der Waals surface area contributed by atoms with Gasteiger partial charge in [0.15, 0.2) is 0 Å². The van der Waals surface area contributed by atoms with Crippen LogP contribution in [0.2, 0.25) is 5.02 Å². The molecule has 3 aromatic heterocycles. The smallest absolute Gasteiger partial charge is 0.141 e. The molecule has 0 aliphatic rings. The summed E-state index contributed by atoms with van der Waals surface area (Å²) < 4.78 is 5.80. The highest BCUT2D eigenvalue weighted by Gasteiger charge is 2.09. The summed E-state index contributed by atoms with van der Waals surface area (Å²) in [7, 11) is 0. The first-order valence-corrected chi connectivity index (χ1v) is 10.1. The Balaban J connectivity index is 1.39. The molecule has 0 aliphatic carbocycles. The van der Waals surface area contributed by atoms with E-state index in [-0.39, 0.29) is 0 Å². The van der Waals surface area contributed by atoms with Gasteiger partial charge in [0, 0.05) is 29.2 Å². The van der Waals surface area contributed by atoms with Gasteiger partial charge < -0.3 is 15.0 Å². The summed E-state index contributed by atoms with van der Waals surface area (Å²) in [5.41, 5.74) is 4.60. The van der Waals surface area contributed by atoms with E-state index in [4.69, 9.17) is 16.3 Å². The van der Waals surface area contributed by atoms with Crippen molar-refractivity contribution in [3.05, 3.63) is 96.2 Å². The number of aromatic amines is 1. The Morgan fingerprint density at radius 2 is 1.90 bits per heavy atom. The Bertz CT molecular complexity index is 1320. The summed E-state index contributed by atoms with van der Waals surface area (Å²) in [5, 5.41) is 4.77. The number of pyridine rings is 1. The first-order chi connectivity index (χ1) is 15.3. The molecule has 3 heterocycles. The number of H-pyrrole nitrogens is 1. The van der Waals surface area contributed by atoms with Crippen molar-refractivity contribution in [1.82, 2.24) is 19.9 Å². The van der Waals surface area contributed by atoms with Crippen LogP contribution in [0.5, 0.6) is 5.75 Å². The maximum Gasteiger partial charge on any atom is 0.141 e. The van der Waals surface area contributed by atoms with Crippen molar-refractivity contribution >= 4 is 34.0 Å². The third-order valence-corrected chi connectivity index (χ3v) is 5.14. The van der Waals surface area contributed by atoms with Crippen LogP contribution in [0.1, 0.15) is 5.69 Å². The van der Waals surface area contributed by atoms with Crippen molar-refractivity contribution in [2.75, 3.05) is 5.32 Å². The van der Waals surface area contributed by atoms with Gasteiger partial charge in [-0.1, -0.05) is 23.7 Å². The van der Waals surface area contributed by atoms with Gasteiger partial charge in [0.1, 0.15) is 24.5 Å². The second kappa shape index (κ2) is 8.45. The highest BCUT2D eigenvalue weighted by atomic mass is 35.5.